The van der Waals surface area contributed by atoms with Crippen molar-refractivity contribution in [2.24, 2.45) is 7.05 Å². The average molecular weight is 580 g/mol. The molecule has 1 aromatic heterocycles. The summed E-state index contributed by atoms with van der Waals surface area (Å²) in [5, 5.41) is 9.82. The Bertz CT molecular complexity index is 1470. The molecule has 2 heterocycles. The van der Waals surface area contributed by atoms with Crippen molar-refractivity contribution in [2.75, 3.05) is 39.5 Å². The zero-order valence-electron chi connectivity index (χ0n) is 23.1. The number of fused-ring (bicyclic) bond motifs is 1. The summed E-state index contributed by atoms with van der Waals surface area (Å²) in [6.07, 6.45) is 0.365. The maximum atomic E-state index is 11.2. The van der Waals surface area contributed by atoms with Crippen LogP contribution >= 0.6 is 11.6 Å². The third-order valence-corrected chi connectivity index (χ3v) is 7.30. The van der Waals surface area contributed by atoms with E-state index in [1.54, 1.807) is 6.07 Å². The highest BCUT2D eigenvalue weighted by Gasteiger charge is 2.14. The number of rotatable bonds is 13. The van der Waals surface area contributed by atoms with Gasteiger partial charge in [-0.3, -0.25) is 9.69 Å². The van der Waals surface area contributed by atoms with Crippen molar-refractivity contribution in [1.29, 1.82) is 0 Å². The molecule has 0 atom stereocenters. The number of halogens is 1. The molecule has 5 rings (SSSR count). The van der Waals surface area contributed by atoms with E-state index < -0.39 is 5.97 Å². The minimum atomic E-state index is -0.860. The number of aryl methyl sites for hydroxylation is 2. The van der Waals surface area contributed by atoms with Gasteiger partial charge in [-0.05, 0) is 47.9 Å². The molecule has 0 amide bonds. The number of carboxylic acid groups (broad SMARTS) is 1. The van der Waals surface area contributed by atoms with Gasteiger partial charge >= 0.3 is 5.97 Å². The molecule has 0 aliphatic carbocycles. The molecular weight excluding hydrogens is 546 g/mol. The van der Waals surface area contributed by atoms with E-state index in [2.05, 4.69) is 4.90 Å². The van der Waals surface area contributed by atoms with E-state index in [4.69, 9.17) is 40.6 Å². The van der Waals surface area contributed by atoms with Gasteiger partial charge in [-0.2, -0.15) is 0 Å². The maximum Gasteiger partial charge on any atom is 0.303 e. The number of hydrogen-bond donors (Lipinski definition) is 1. The minimum absolute atomic E-state index is 0.0102. The van der Waals surface area contributed by atoms with Crippen LogP contribution in [-0.2, 0) is 36.2 Å². The van der Waals surface area contributed by atoms with Gasteiger partial charge in [0.15, 0.2) is 0 Å². The summed E-state index contributed by atoms with van der Waals surface area (Å²) >= 11 is 5.99. The molecule has 1 saturated heterocycles. The Morgan fingerprint density at radius 3 is 2.51 bits per heavy atom. The maximum absolute atomic E-state index is 11.2. The lowest BCUT2D eigenvalue weighted by Gasteiger charge is -2.26. The topological polar surface area (TPSA) is 95.3 Å². The average Bonchev–Trinajstić information content (AvgIpc) is 3.30. The SMILES string of the molecule is Cn1c(COc2ccc(CCC(=O)O)c(OCc3ccc(Cl)cc3)c2)nc2ccc(OCCN3CCOCC3)cc21. The van der Waals surface area contributed by atoms with Crippen LogP contribution < -0.4 is 14.2 Å². The lowest BCUT2D eigenvalue weighted by molar-refractivity contribution is -0.136. The molecule has 10 heteroatoms. The first-order valence-corrected chi connectivity index (χ1v) is 14.1. The number of carbonyl (C=O) groups is 1. The second-order valence-corrected chi connectivity index (χ2v) is 10.3. The molecule has 1 aliphatic heterocycles. The standard InChI is InChI=1S/C31H34ClN3O6/c1-34-28-18-25(39-17-14-35-12-15-38-16-13-35)9-10-27(28)33-30(34)21-40-26-8-4-23(5-11-31(36)37)29(19-26)41-20-22-2-6-24(32)7-3-22/h2-4,6-10,18-19H,5,11-17,20-21H2,1H3,(H,36,37). The quantitative estimate of drug-likeness (QED) is 0.233. The highest BCUT2D eigenvalue weighted by atomic mass is 35.5. The van der Waals surface area contributed by atoms with E-state index in [-0.39, 0.29) is 13.0 Å². The fourth-order valence-corrected chi connectivity index (χ4v) is 4.78. The molecule has 1 aliphatic rings. The van der Waals surface area contributed by atoms with Crippen LogP contribution in [0.15, 0.2) is 60.7 Å². The monoisotopic (exact) mass is 579 g/mol. The number of morpholine rings is 1. The molecule has 1 fully saturated rings. The minimum Gasteiger partial charge on any atom is -0.492 e. The number of aromatic nitrogens is 2. The molecule has 0 radical (unpaired) electrons. The van der Waals surface area contributed by atoms with Gasteiger partial charge in [0.1, 0.15) is 42.9 Å². The van der Waals surface area contributed by atoms with Crippen molar-refractivity contribution in [3.05, 3.63) is 82.6 Å². The summed E-state index contributed by atoms with van der Waals surface area (Å²) in [6.45, 7) is 5.49. The number of benzene rings is 3. The molecule has 0 saturated carbocycles. The van der Waals surface area contributed by atoms with Gasteiger partial charge in [-0.25, -0.2) is 4.98 Å². The zero-order valence-corrected chi connectivity index (χ0v) is 23.8. The Morgan fingerprint density at radius 1 is 0.976 bits per heavy atom. The van der Waals surface area contributed by atoms with Crippen LogP contribution in [-0.4, -0.2) is 65.0 Å². The lowest BCUT2D eigenvalue weighted by atomic mass is 10.1. The normalized spacial score (nSPS) is 13.8. The first kappa shape index (κ1) is 28.7. The van der Waals surface area contributed by atoms with Crippen molar-refractivity contribution in [3.63, 3.8) is 0 Å². The van der Waals surface area contributed by atoms with Crippen molar-refractivity contribution in [1.82, 2.24) is 14.5 Å². The number of nitrogens with zero attached hydrogens (tertiary/aromatic N) is 3. The van der Waals surface area contributed by atoms with Gasteiger partial charge in [0.05, 0.1) is 24.2 Å². The fourth-order valence-electron chi connectivity index (χ4n) is 4.65. The van der Waals surface area contributed by atoms with Crippen LogP contribution in [0.1, 0.15) is 23.4 Å². The van der Waals surface area contributed by atoms with Crippen LogP contribution in [0.5, 0.6) is 17.2 Å². The largest absolute Gasteiger partial charge is 0.492 e. The van der Waals surface area contributed by atoms with Gasteiger partial charge in [-0.15, -0.1) is 0 Å². The van der Waals surface area contributed by atoms with Crippen LogP contribution in [0.3, 0.4) is 0 Å². The van der Waals surface area contributed by atoms with E-state index >= 15 is 0 Å². The smallest absolute Gasteiger partial charge is 0.303 e. The van der Waals surface area contributed by atoms with Gasteiger partial charge in [-0.1, -0.05) is 29.8 Å². The van der Waals surface area contributed by atoms with Crippen LogP contribution in [0.4, 0.5) is 0 Å². The summed E-state index contributed by atoms with van der Waals surface area (Å²) in [7, 11) is 1.96. The zero-order chi connectivity index (χ0) is 28.6. The number of hydrogen-bond acceptors (Lipinski definition) is 7. The summed E-state index contributed by atoms with van der Waals surface area (Å²) < 4.78 is 25.6. The van der Waals surface area contributed by atoms with E-state index in [1.807, 2.05) is 66.2 Å². The summed E-state index contributed by atoms with van der Waals surface area (Å²) in [6, 6.07) is 18.8. The first-order valence-electron chi connectivity index (χ1n) is 13.7. The van der Waals surface area contributed by atoms with E-state index in [9.17, 15) is 4.79 Å². The first-order chi connectivity index (χ1) is 19.9. The van der Waals surface area contributed by atoms with Crippen molar-refractivity contribution < 1.29 is 28.8 Å². The molecule has 3 aromatic carbocycles. The van der Waals surface area contributed by atoms with Crippen LogP contribution in [0, 0.1) is 0 Å². The van der Waals surface area contributed by atoms with Crippen molar-refractivity contribution in [2.45, 2.75) is 26.1 Å². The summed E-state index contributed by atoms with van der Waals surface area (Å²) in [4.78, 5) is 18.3. The van der Waals surface area contributed by atoms with Gasteiger partial charge in [0.2, 0.25) is 0 Å². The number of carboxylic acids is 1. The van der Waals surface area contributed by atoms with E-state index in [1.165, 1.54) is 0 Å². The Kier molecular flexibility index (Phi) is 9.61. The van der Waals surface area contributed by atoms with Gasteiger partial charge < -0.3 is 28.6 Å². The van der Waals surface area contributed by atoms with Crippen LogP contribution in [0.2, 0.25) is 5.02 Å². The lowest BCUT2D eigenvalue weighted by Crippen LogP contribution is -2.38. The molecule has 1 N–H and O–H groups in total. The molecule has 9 nitrogen and oxygen atoms in total. The molecular formula is C31H34ClN3O6. The van der Waals surface area contributed by atoms with Crippen molar-refractivity contribution in [3.8, 4) is 17.2 Å². The highest BCUT2D eigenvalue weighted by Crippen LogP contribution is 2.28. The Balaban J connectivity index is 1.23. The Morgan fingerprint density at radius 2 is 1.73 bits per heavy atom. The molecule has 0 bridgehead atoms. The van der Waals surface area contributed by atoms with Crippen molar-refractivity contribution >= 4 is 28.6 Å². The summed E-state index contributed by atoms with van der Waals surface area (Å²) in [5.41, 5.74) is 3.58. The van der Waals surface area contributed by atoms with E-state index in [0.29, 0.717) is 36.2 Å². The predicted octanol–water partition coefficient (Wildman–Crippen LogP) is 5.11. The number of aliphatic carboxylic acids is 1. The summed E-state index contributed by atoms with van der Waals surface area (Å²) in [5.74, 6) is 1.91. The Hall–Kier alpha value is -3.79. The van der Waals surface area contributed by atoms with Gasteiger partial charge in [0.25, 0.3) is 0 Å². The molecule has 41 heavy (non-hydrogen) atoms. The van der Waals surface area contributed by atoms with Crippen LogP contribution in [0.25, 0.3) is 11.0 Å². The number of ether oxygens (including phenoxy) is 4. The Labute approximate surface area is 244 Å². The van der Waals surface area contributed by atoms with Gasteiger partial charge in [0, 0.05) is 50.3 Å². The predicted molar refractivity (Wildman–Crippen MR) is 156 cm³/mol. The fraction of sp³-hybridized carbons (Fsp3) is 0.355. The molecule has 0 unspecified atom stereocenters. The third kappa shape index (κ3) is 7.91. The molecule has 4 aromatic rings. The second-order valence-electron chi connectivity index (χ2n) is 9.91. The third-order valence-electron chi connectivity index (χ3n) is 7.05. The second kappa shape index (κ2) is 13.7. The number of imidazole rings is 1. The molecule has 216 valence electrons. The van der Waals surface area contributed by atoms with E-state index in [0.717, 1.165) is 66.6 Å². The highest BCUT2D eigenvalue weighted by molar-refractivity contribution is 6.30. The molecule has 0 spiro atoms.